The molecule has 1 saturated carbocycles. The van der Waals surface area contributed by atoms with E-state index in [1.54, 1.807) is 12.5 Å². The fourth-order valence-corrected chi connectivity index (χ4v) is 4.30. The van der Waals surface area contributed by atoms with Gasteiger partial charge in [-0.3, -0.25) is 4.79 Å². The molecule has 154 valence electrons. The molecule has 1 aromatic heterocycles. The van der Waals surface area contributed by atoms with Gasteiger partial charge in [-0.25, -0.2) is 4.98 Å². The summed E-state index contributed by atoms with van der Waals surface area (Å²) in [7, 11) is 0. The molecule has 0 saturated heterocycles. The van der Waals surface area contributed by atoms with Gasteiger partial charge >= 0.3 is 0 Å². The molecule has 0 radical (unpaired) electrons. The van der Waals surface area contributed by atoms with Gasteiger partial charge in [-0.05, 0) is 24.7 Å². The fraction of sp³-hybridized carbons (Fsp3) is 0.810. The molecule has 4 N–H and O–H groups in total. The Bertz CT molecular complexity index is 525. The molecule has 1 aromatic rings. The number of aliphatic hydroxyl groups excluding tert-OH is 2. The maximum atomic E-state index is 12.5. The van der Waals surface area contributed by atoms with E-state index in [2.05, 4.69) is 15.3 Å². The van der Waals surface area contributed by atoms with Crippen LogP contribution in [-0.2, 0) is 11.2 Å². The van der Waals surface area contributed by atoms with Gasteiger partial charge in [-0.2, -0.15) is 0 Å². The molecule has 1 amide bonds. The molecule has 0 aliphatic heterocycles. The quantitative estimate of drug-likeness (QED) is 0.475. The van der Waals surface area contributed by atoms with Crippen LogP contribution in [0.2, 0.25) is 0 Å². The van der Waals surface area contributed by atoms with Crippen molar-refractivity contribution in [2.75, 3.05) is 0 Å². The van der Waals surface area contributed by atoms with Crippen LogP contribution in [0.15, 0.2) is 12.5 Å². The minimum atomic E-state index is -0.925. The normalized spacial score (nSPS) is 19.0. The summed E-state index contributed by atoms with van der Waals surface area (Å²) >= 11 is 0. The van der Waals surface area contributed by atoms with Crippen molar-refractivity contribution in [3.8, 4) is 0 Å². The van der Waals surface area contributed by atoms with Crippen LogP contribution >= 0.6 is 0 Å². The number of aliphatic hydroxyl groups is 2. The lowest BCUT2D eigenvalue weighted by Crippen LogP contribution is -2.51. The lowest BCUT2D eigenvalue weighted by Gasteiger charge is -2.34. The van der Waals surface area contributed by atoms with E-state index in [0.29, 0.717) is 18.8 Å². The van der Waals surface area contributed by atoms with Crippen LogP contribution in [0.25, 0.3) is 0 Å². The summed E-state index contributed by atoms with van der Waals surface area (Å²) in [4.78, 5) is 19.5. The second kappa shape index (κ2) is 11.4. The molecule has 0 bridgehead atoms. The molecular formula is C21H37N3O3. The molecule has 0 aromatic carbocycles. The Labute approximate surface area is 163 Å². The van der Waals surface area contributed by atoms with Gasteiger partial charge in [0.25, 0.3) is 0 Å². The van der Waals surface area contributed by atoms with Crippen LogP contribution in [0.3, 0.4) is 0 Å². The van der Waals surface area contributed by atoms with Crippen LogP contribution in [-0.4, -0.2) is 44.3 Å². The lowest BCUT2D eigenvalue weighted by atomic mass is 9.81. The molecular weight excluding hydrogens is 342 g/mol. The van der Waals surface area contributed by atoms with E-state index in [-0.39, 0.29) is 11.8 Å². The predicted molar refractivity (Wildman–Crippen MR) is 106 cm³/mol. The standard InChI is InChI=1S/C21H37N3O3/c1-3-16(4-2)20(26)21(27)18(12-15-8-6-5-7-9-15)24-19(25)11-10-17-13-22-14-23-17/h13-16,18,20-21,26-27H,3-12H2,1-2H3,(H,22,23)(H,24,25)/t18-,20?,21+/m0/s1. The van der Waals surface area contributed by atoms with E-state index >= 15 is 0 Å². The van der Waals surface area contributed by atoms with Crippen molar-refractivity contribution in [3.63, 3.8) is 0 Å². The van der Waals surface area contributed by atoms with Crippen molar-refractivity contribution in [1.29, 1.82) is 0 Å². The summed E-state index contributed by atoms with van der Waals surface area (Å²) < 4.78 is 0. The van der Waals surface area contributed by atoms with Crippen LogP contribution in [0, 0.1) is 11.8 Å². The fourth-order valence-electron chi connectivity index (χ4n) is 4.30. The highest BCUT2D eigenvalue weighted by Crippen LogP contribution is 2.29. The van der Waals surface area contributed by atoms with Gasteiger partial charge in [0.05, 0.1) is 24.2 Å². The largest absolute Gasteiger partial charge is 0.390 e. The molecule has 1 aliphatic rings. The maximum absolute atomic E-state index is 12.5. The first-order valence-corrected chi connectivity index (χ1v) is 10.7. The number of nitrogens with one attached hydrogen (secondary N) is 2. The Balaban J connectivity index is 1.97. The molecule has 6 heteroatoms. The SMILES string of the molecule is CCC(CC)C(O)[C@H](O)[C@H](CC1CCCCC1)NC(=O)CCc1c[nH]cn1. The molecule has 3 atom stereocenters. The van der Waals surface area contributed by atoms with Gasteiger partial charge in [-0.15, -0.1) is 0 Å². The van der Waals surface area contributed by atoms with Crippen molar-refractivity contribution in [3.05, 3.63) is 18.2 Å². The number of aromatic nitrogens is 2. The molecule has 1 fully saturated rings. The number of imidazole rings is 1. The highest BCUT2D eigenvalue weighted by molar-refractivity contribution is 5.76. The van der Waals surface area contributed by atoms with Gasteiger partial charge in [-0.1, -0.05) is 58.8 Å². The van der Waals surface area contributed by atoms with Gasteiger partial charge in [0.2, 0.25) is 5.91 Å². The highest BCUT2D eigenvalue weighted by atomic mass is 16.3. The Morgan fingerprint density at radius 3 is 2.52 bits per heavy atom. The molecule has 1 unspecified atom stereocenters. The first-order chi connectivity index (χ1) is 13.0. The Morgan fingerprint density at radius 1 is 1.22 bits per heavy atom. The van der Waals surface area contributed by atoms with E-state index < -0.39 is 18.2 Å². The minimum Gasteiger partial charge on any atom is -0.390 e. The van der Waals surface area contributed by atoms with E-state index in [0.717, 1.165) is 37.8 Å². The van der Waals surface area contributed by atoms with Crippen molar-refractivity contribution in [2.45, 2.75) is 96.3 Å². The van der Waals surface area contributed by atoms with Crippen LogP contribution in [0.4, 0.5) is 0 Å². The summed E-state index contributed by atoms with van der Waals surface area (Å²) in [5.41, 5.74) is 0.853. The average Bonchev–Trinajstić information content (AvgIpc) is 3.20. The van der Waals surface area contributed by atoms with Gasteiger partial charge < -0.3 is 20.5 Å². The van der Waals surface area contributed by atoms with Crippen LogP contribution in [0.5, 0.6) is 0 Å². The zero-order valence-corrected chi connectivity index (χ0v) is 16.9. The van der Waals surface area contributed by atoms with Crippen molar-refractivity contribution in [2.24, 2.45) is 11.8 Å². The van der Waals surface area contributed by atoms with Gasteiger partial charge in [0.1, 0.15) is 6.10 Å². The first kappa shape index (κ1) is 21.9. The third-order valence-corrected chi connectivity index (χ3v) is 6.12. The number of hydrogen-bond donors (Lipinski definition) is 4. The summed E-state index contributed by atoms with van der Waals surface area (Å²) in [5, 5.41) is 24.5. The van der Waals surface area contributed by atoms with Crippen molar-refractivity contribution >= 4 is 5.91 Å². The summed E-state index contributed by atoms with van der Waals surface area (Å²) in [6, 6.07) is -0.393. The second-order valence-electron chi connectivity index (χ2n) is 8.03. The van der Waals surface area contributed by atoms with Crippen LogP contribution in [0.1, 0.15) is 77.3 Å². The lowest BCUT2D eigenvalue weighted by molar-refractivity contribution is -0.124. The number of aryl methyl sites for hydroxylation is 1. The van der Waals surface area contributed by atoms with E-state index in [9.17, 15) is 15.0 Å². The summed E-state index contributed by atoms with van der Waals surface area (Å²) in [5.74, 6) is 0.475. The van der Waals surface area contributed by atoms with Crippen molar-refractivity contribution < 1.29 is 15.0 Å². The Kier molecular flexibility index (Phi) is 9.28. The number of aromatic amines is 1. The van der Waals surface area contributed by atoms with Gasteiger partial charge in [0, 0.05) is 12.6 Å². The predicted octanol–water partition coefficient (Wildman–Crippen LogP) is 2.96. The molecule has 0 spiro atoms. The number of rotatable bonds is 11. The van der Waals surface area contributed by atoms with Crippen LogP contribution < -0.4 is 5.32 Å². The molecule has 1 heterocycles. The Hall–Kier alpha value is -1.40. The summed E-state index contributed by atoms with van der Waals surface area (Å²) in [6.45, 7) is 4.06. The molecule has 2 rings (SSSR count). The molecule has 27 heavy (non-hydrogen) atoms. The Morgan fingerprint density at radius 2 is 1.93 bits per heavy atom. The molecule has 6 nitrogen and oxygen atoms in total. The number of amides is 1. The second-order valence-corrected chi connectivity index (χ2v) is 8.03. The zero-order valence-electron chi connectivity index (χ0n) is 16.9. The molecule has 1 aliphatic carbocycles. The average molecular weight is 380 g/mol. The van der Waals surface area contributed by atoms with E-state index in [1.807, 2.05) is 13.8 Å². The number of H-pyrrole nitrogens is 1. The third-order valence-electron chi connectivity index (χ3n) is 6.12. The smallest absolute Gasteiger partial charge is 0.220 e. The van der Waals surface area contributed by atoms with E-state index in [4.69, 9.17) is 0 Å². The number of carbonyl (C=O) groups is 1. The zero-order chi connectivity index (χ0) is 19.6. The minimum absolute atomic E-state index is 0.0508. The monoisotopic (exact) mass is 379 g/mol. The maximum Gasteiger partial charge on any atom is 0.220 e. The number of hydrogen-bond acceptors (Lipinski definition) is 4. The highest BCUT2D eigenvalue weighted by Gasteiger charge is 2.33. The number of nitrogens with zero attached hydrogens (tertiary/aromatic N) is 1. The van der Waals surface area contributed by atoms with Gasteiger partial charge in [0.15, 0.2) is 0 Å². The third kappa shape index (κ3) is 6.92. The number of carbonyl (C=O) groups excluding carboxylic acids is 1. The topological polar surface area (TPSA) is 98.2 Å². The summed E-state index contributed by atoms with van der Waals surface area (Å²) in [6.07, 6.45) is 10.9. The first-order valence-electron chi connectivity index (χ1n) is 10.7. The van der Waals surface area contributed by atoms with E-state index in [1.165, 1.54) is 19.3 Å². The van der Waals surface area contributed by atoms with Crippen molar-refractivity contribution in [1.82, 2.24) is 15.3 Å².